The number of ether oxygens (including phenoxy) is 8. The van der Waals surface area contributed by atoms with E-state index in [1.807, 2.05) is 0 Å². The topological polar surface area (TPSA) is 210 Å². The van der Waals surface area contributed by atoms with Crippen molar-refractivity contribution >= 4 is 47.8 Å². The Balaban J connectivity index is 1.34. The molecule has 0 atom stereocenters. The summed E-state index contributed by atoms with van der Waals surface area (Å²) >= 11 is 0. The van der Waals surface area contributed by atoms with Gasteiger partial charge in [-0.05, 0) is 153 Å². The van der Waals surface area contributed by atoms with Crippen LogP contribution in [-0.4, -0.2) is 47.8 Å². The highest BCUT2D eigenvalue weighted by molar-refractivity contribution is 5.89. The lowest BCUT2D eigenvalue weighted by atomic mass is 9.79. The van der Waals surface area contributed by atoms with Gasteiger partial charge in [-0.3, -0.25) is 0 Å². The molecule has 0 spiro atoms. The first kappa shape index (κ1) is 67.1. The third-order valence-corrected chi connectivity index (χ3v) is 14.7. The molecule has 0 saturated heterocycles. The van der Waals surface area contributed by atoms with Crippen LogP contribution in [0.25, 0.3) is 44.5 Å². The van der Waals surface area contributed by atoms with Gasteiger partial charge < -0.3 is 37.9 Å². The standard InChI is InChI=1S/C80H58O16/c1-9-71(81)89-59-33-21-49(22-34-59)55-29-41-67(93-75(85)13-5)63(45-55)79(64-46-56(30-42-68(64)94-76(86)14-6)50-23-35-60(36-24-50)90-72(82)10-2)53-17-19-54(20-18-53)80(65-47-57(31-43-69(65)95-77(87)15-7)51-25-37-61(38-26-51)91-73(83)11-3)66-48-58(32-44-70(66)96-78(88)16-8)52-27-39-62(40-28-52)92-74(84)12-4/h9-48,79-80H,1-8H2. The van der Waals surface area contributed by atoms with Gasteiger partial charge in [-0.15, -0.1) is 0 Å². The van der Waals surface area contributed by atoms with E-state index in [1.165, 1.54) is 0 Å². The quantitative estimate of drug-likeness (QED) is 0.0213. The van der Waals surface area contributed by atoms with E-state index >= 15 is 0 Å². The molecule has 9 rings (SSSR count). The first-order valence-electron chi connectivity index (χ1n) is 29.3. The zero-order valence-electron chi connectivity index (χ0n) is 51.4. The van der Waals surface area contributed by atoms with E-state index in [1.54, 1.807) is 194 Å². The molecule has 96 heavy (non-hydrogen) atoms. The normalized spacial score (nSPS) is 10.5. The van der Waals surface area contributed by atoms with Crippen LogP contribution in [0, 0.1) is 0 Å². The molecule has 9 aromatic rings. The number of rotatable bonds is 26. The van der Waals surface area contributed by atoms with Gasteiger partial charge in [0.15, 0.2) is 0 Å². The van der Waals surface area contributed by atoms with Crippen LogP contribution in [0.1, 0.15) is 45.2 Å². The highest BCUT2D eigenvalue weighted by Crippen LogP contribution is 2.48. The van der Waals surface area contributed by atoms with Gasteiger partial charge in [0, 0.05) is 82.7 Å². The molecule has 16 nitrogen and oxygen atoms in total. The van der Waals surface area contributed by atoms with Crippen LogP contribution < -0.4 is 37.9 Å². The van der Waals surface area contributed by atoms with Crippen LogP contribution >= 0.6 is 0 Å². The van der Waals surface area contributed by atoms with Crippen molar-refractivity contribution in [3.63, 3.8) is 0 Å². The molecule has 0 radical (unpaired) electrons. The maximum absolute atomic E-state index is 13.5. The summed E-state index contributed by atoms with van der Waals surface area (Å²) in [6, 6.07) is 54.5. The van der Waals surface area contributed by atoms with E-state index in [4.69, 9.17) is 37.9 Å². The monoisotopic (exact) mass is 1270 g/mol. The lowest BCUT2D eigenvalue weighted by Gasteiger charge is -2.27. The van der Waals surface area contributed by atoms with Crippen LogP contribution in [-0.2, 0) is 38.4 Å². The highest BCUT2D eigenvalue weighted by Gasteiger charge is 2.31. The first-order valence-corrected chi connectivity index (χ1v) is 29.3. The molecule has 0 saturated carbocycles. The molecule has 0 heterocycles. The number of carbonyl (C=O) groups excluding carboxylic acids is 8. The van der Waals surface area contributed by atoms with Gasteiger partial charge in [0.05, 0.1) is 0 Å². The van der Waals surface area contributed by atoms with Crippen molar-refractivity contribution in [3.8, 4) is 90.5 Å². The van der Waals surface area contributed by atoms with Crippen molar-refractivity contribution in [3.05, 3.63) is 329 Å². The number of hydrogen-bond acceptors (Lipinski definition) is 16. The Labute approximate surface area is 552 Å². The van der Waals surface area contributed by atoms with Crippen LogP contribution in [0.4, 0.5) is 0 Å². The Kier molecular flexibility index (Phi) is 21.7. The lowest BCUT2D eigenvalue weighted by molar-refractivity contribution is -0.130. The van der Waals surface area contributed by atoms with Crippen molar-refractivity contribution in [1.82, 2.24) is 0 Å². The summed E-state index contributed by atoms with van der Waals surface area (Å²) in [4.78, 5) is 103. The largest absolute Gasteiger partial charge is 0.423 e. The molecule has 16 heteroatoms. The van der Waals surface area contributed by atoms with Crippen molar-refractivity contribution in [1.29, 1.82) is 0 Å². The molecule has 0 unspecified atom stereocenters. The van der Waals surface area contributed by atoms with Crippen LogP contribution in [0.15, 0.2) is 295 Å². The maximum Gasteiger partial charge on any atom is 0.335 e. The van der Waals surface area contributed by atoms with Crippen LogP contribution in [0.2, 0.25) is 0 Å². The van der Waals surface area contributed by atoms with E-state index in [0.29, 0.717) is 77.9 Å². The van der Waals surface area contributed by atoms with Gasteiger partial charge in [-0.1, -0.05) is 150 Å². The van der Waals surface area contributed by atoms with Gasteiger partial charge in [-0.2, -0.15) is 0 Å². The van der Waals surface area contributed by atoms with Crippen LogP contribution in [0.5, 0.6) is 46.0 Å². The molecule has 9 aromatic carbocycles. The Morgan fingerprint density at radius 3 is 0.562 bits per heavy atom. The summed E-state index contributed by atoms with van der Waals surface area (Å²) in [6.45, 7) is 28.6. The van der Waals surface area contributed by atoms with Gasteiger partial charge in [-0.25, -0.2) is 38.4 Å². The van der Waals surface area contributed by atoms with Gasteiger partial charge in [0.1, 0.15) is 46.0 Å². The average molecular weight is 1280 g/mol. The van der Waals surface area contributed by atoms with Gasteiger partial charge in [0.25, 0.3) is 0 Å². The molecule has 0 aliphatic rings. The van der Waals surface area contributed by atoms with E-state index in [9.17, 15) is 38.4 Å². The summed E-state index contributed by atoms with van der Waals surface area (Å²) in [5.74, 6) is -6.68. The summed E-state index contributed by atoms with van der Waals surface area (Å²) in [5, 5.41) is 0. The Hall–Kier alpha value is -13.3. The maximum atomic E-state index is 13.5. The van der Waals surface area contributed by atoms with Crippen molar-refractivity contribution < 1.29 is 76.3 Å². The summed E-state index contributed by atoms with van der Waals surface area (Å²) < 4.78 is 45.9. The lowest BCUT2D eigenvalue weighted by Crippen LogP contribution is -2.14. The van der Waals surface area contributed by atoms with E-state index in [2.05, 4.69) is 52.6 Å². The second-order valence-electron chi connectivity index (χ2n) is 20.6. The molecule has 0 aromatic heterocycles. The van der Waals surface area contributed by atoms with Gasteiger partial charge in [0.2, 0.25) is 0 Å². The predicted octanol–water partition coefficient (Wildman–Crippen LogP) is 15.4. The highest BCUT2D eigenvalue weighted by atomic mass is 16.6. The minimum Gasteiger partial charge on any atom is -0.423 e. The number of benzene rings is 9. The molecular weight excluding hydrogens is 1220 g/mol. The first-order chi connectivity index (χ1) is 46.4. The second kappa shape index (κ2) is 31.1. The molecule has 0 N–H and O–H groups in total. The SMILES string of the molecule is C=CC(=O)Oc1ccc(-c2ccc(OC(=O)C=C)c(C(c3ccc(C(c4cc(-c5ccc(OC(=O)C=C)cc5)ccc4OC(=O)C=C)c4cc(-c5ccc(OC(=O)C=C)cc5)ccc4OC(=O)C=C)cc3)c3cc(-c4ccc(OC(=O)C=C)cc4)ccc3OC(=O)C=C)c2)cc1. The van der Waals surface area contributed by atoms with E-state index < -0.39 is 59.6 Å². The van der Waals surface area contributed by atoms with Crippen LogP contribution in [0.3, 0.4) is 0 Å². The fourth-order valence-corrected chi connectivity index (χ4v) is 10.2. The van der Waals surface area contributed by atoms with E-state index in [0.717, 1.165) is 48.6 Å². The van der Waals surface area contributed by atoms with E-state index in [-0.39, 0.29) is 46.0 Å². The zero-order chi connectivity index (χ0) is 68.4. The Morgan fingerprint density at radius 1 is 0.219 bits per heavy atom. The Bertz CT molecular complexity index is 4030. The molecule has 0 aliphatic heterocycles. The third kappa shape index (κ3) is 16.4. The minimum absolute atomic E-state index is 0.0710. The summed E-state index contributed by atoms with van der Waals surface area (Å²) in [7, 11) is 0. The third-order valence-electron chi connectivity index (χ3n) is 14.7. The molecule has 474 valence electrons. The second-order valence-corrected chi connectivity index (χ2v) is 20.6. The molecule has 0 bridgehead atoms. The molecule has 0 aliphatic carbocycles. The number of hydrogen-bond donors (Lipinski definition) is 0. The fraction of sp³-hybridized carbons (Fsp3) is 0.0250. The fourth-order valence-electron chi connectivity index (χ4n) is 10.2. The van der Waals surface area contributed by atoms with Crippen molar-refractivity contribution in [2.75, 3.05) is 0 Å². The minimum atomic E-state index is -1.04. The zero-order valence-corrected chi connectivity index (χ0v) is 51.4. The predicted molar refractivity (Wildman–Crippen MR) is 363 cm³/mol. The molecular formula is C80H58O16. The Morgan fingerprint density at radius 2 is 0.385 bits per heavy atom. The molecule has 0 amide bonds. The molecule has 0 fully saturated rings. The number of carbonyl (C=O) groups is 8. The summed E-state index contributed by atoms with van der Waals surface area (Å²) in [6.07, 6.45) is 8.20. The van der Waals surface area contributed by atoms with Crippen molar-refractivity contribution in [2.24, 2.45) is 0 Å². The average Bonchev–Trinajstić information content (AvgIpc) is 0.767. The smallest absolute Gasteiger partial charge is 0.335 e. The van der Waals surface area contributed by atoms with Gasteiger partial charge >= 0.3 is 47.8 Å². The van der Waals surface area contributed by atoms with Crippen molar-refractivity contribution in [2.45, 2.75) is 11.8 Å². The summed E-state index contributed by atoms with van der Waals surface area (Å²) in [5.41, 5.74) is 7.41. The number of esters is 8.